The molecule has 0 heterocycles. The molecule has 1 heteroatoms. The number of nitrogens with zero attached hydrogens (tertiary/aromatic N) is 1. The van der Waals surface area contributed by atoms with Crippen LogP contribution < -0.4 is 0 Å². The Hall–Kier alpha value is -0.0400. The largest absolute Gasteiger partial charge is 0.306 e. The first-order valence-electron chi connectivity index (χ1n) is 9.74. The first-order chi connectivity index (χ1) is 10.1. The quantitative estimate of drug-likeness (QED) is 0.311. The van der Waals surface area contributed by atoms with E-state index in [9.17, 15) is 0 Å². The van der Waals surface area contributed by atoms with Crippen molar-refractivity contribution in [1.29, 1.82) is 0 Å². The van der Waals surface area contributed by atoms with Gasteiger partial charge in [0.25, 0.3) is 0 Å². The van der Waals surface area contributed by atoms with E-state index in [2.05, 4.69) is 39.6 Å². The van der Waals surface area contributed by atoms with E-state index in [4.69, 9.17) is 0 Å². The van der Waals surface area contributed by atoms with Crippen LogP contribution in [0.2, 0.25) is 0 Å². The van der Waals surface area contributed by atoms with E-state index in [1.807, 2.05) is 0 Å². The molecule has 128 valence electrons. The van der Waals surface area contributed by atoms with Gasteiger partial charge in [-0.3, -0.25) is 0 Å². The standard InChI is InChI=1S/C20H43N/c1-6-7-8-9-10-11-12-13-16-20(4)18-21(5)17-14-15-19(2)3/h19-20H,6-18H2,1-5H3. The van der Waals surface area contributed by atoms with E-state index >= 15 is 0 Å². The number of rotatable bonds is 15. The molecule has 0 radical (unpaired) electrons. The summed E-state index contributed by atoms with van der Waals surface area (Å²) < 4.78 is 0. The summed E-state index contributed by atoms with van der Waals surface area (Å²) in [7, 11) is 2.30. The molecule has 0 rings (SSSR count). The van der Waals surface area contributed by atoms with Gasteiger partial charge in [-0.1, -0.05) is 79.1 Å². The Morgan fingerprint density at radius 2 is 1.29 bits per heavy atom. The van der Waals surface area contributed by atoms with Gasteiger partial charge in [0.05, 0.1) is 0 Å². The summed E-state index contributed by atoms with van der Waals surface area (Å²) >= 11 is 0. The van der Waals surface area contributed by atoms with Crippen LogP contribution in [-0.2, 0) is 0 Å². The maximum atomic E-state index is 2.54. The third-order valence-electron chi connectivity index (χ3n) is 4.50. The second-order valence-corrected chi connectivity index (χ2v) is 7.67. The third-order valence-corrected chi connectivity index (χ3v) is 4.50. The lowest BCUT2D eigenvalue weighted by molar-refractivity contribution is 0.265. The molecule has 0 bridgehead atoms. The maximum Gasteiger partial charge on any atom is 0.000397 e. The summed E-state index contributed by atoms with van der Waals surface area (Å²) in [6, 6.07) is 0. The van der Waals surface area contributed by atoms with E-state index in [0.29, 0.717) is 0 Å². The van der Waals surface area contributed by atoms with Gasteiger partial charge in [0.2, 0.25) is 0 Å². The first kappa shape index (κ1) is 21.0. The molecule has 0 N–H and O–H groups in total. The minimum Gasteiger partial charge on any atom is -0.306 e. The highest BCUT2D eigenvalue weighted by Crippen LogP contribution is 2.14. The third kappa shape index (κ3) is 16.2. The van der Waals surface area contributed by atoms with Gasteiger partial charge in [-0.2, -0.15) is 0 Å². The van der Waals surface area contributed by atoms with E-state index in [0.717, 1.165) is 11.8 Å². The van der Waals surface area contributed by atoms with Crippen LogP contribution in [0.4, 0.5) is 0 Å². The lowest BCUT2D eigenvalue weighted by atomic mass is 10.0. The summed E-state index contributed by atoms with van der Waals surface area (Å²) in [6.45, 7) is 11.9. The zero-order chi connectivity index (χ0) is 15.9. The molecule has 0 aliphatic heterocycles. The number of hydrogen-bond donors (Lipinski definition) is 0. The van der Waals surface area contributed by atoms with Crippen LogP contribution in [0.1, 0.15) is 98.3 Å². The Morgan fingerprint density at radius 3 is 1.86 bits per heavy atom. The van der Waals surface area contributed by atoms with Crippen molar-refractivity contribution in [1.82, 2.24) is 4.90 Å². The van der Waals surface area contributed by atoms with E-state index in [1.54, 1.807) is 0 Å². The topological polar surface area (TPSA) is 3.24 Å². The Balaban J connectivity index is 3.34. The van der Waals surface area contributed by atoms with Crippen LogP contribution in [-0.4, -0.2) is 25.0 Å². The van der Waals surface area contributed by atoms with Gasteiger partial charge in [0.1, 0.15) is 0 Å². The van der Waals surface area contributed by atoms with Gasteiger partial charge >= 0.3 is 0 Å². The molecule has 0 saturated heterocycles. The average Bonchev–Trinajstić information content (AvgIpc) is 2.41. The predicted molar refractivity (Wildman–Crippen MR) is 98.0 cm³/mol. The van der Waals surface area contributed by atoms with Crippen molar-refractivity contribution in [2.24, 2.45) is 11.8 Å². The van der Waals surface area contributed by atoms with Crippen molar-refractivity contribution < 1.29 is 0 Å². The fraction of sp³-hybridized carbons (Fsp3) is 1.00. The average molecular weight is 298 g/mol. The summed E-state index contributed by atoms with van der Waals surface area (Å²) in [5, 5.41) is 0. The second kappa shape index (κ2) is 14.9. The molecule has 0 aromatic heterocycles. The van der Waals surface area contributed by atoms with Crippen molar-refractivity contribution in [3.8, 4) is 0 Å². The smallest absolute Gasteiger partial charge is 0.000397 e. The molecular formula is C20H43N. The molecule has 1 atom stereocenters. The highest BCUT2D eigenvalue weighted by Gasteiger charge is 2.06. The summed E-state index contributed by atoms with van der Waals surface area (Å²) in [5.41, 5.74) is 0. The fourth-order valence-electron chi connectivity index (χ4n) is 3.11. The lowest BCUT2D eigenvalue weighted by Crippen LogP contribution is -2.25. The molecule has 0 aromatic rings. The summed E-state index contributed by atoms with van der Waals surface area (Å²) in [6.07, 6.45) is 15.7. The molecule has 0 aromatic carbocycles. The van der Waals surface area contributed by atoms with E-state index < -0.39 is 0 Å². The minimum atomic E-state index is 0.855. The van der Waals surface area contributed by atoms with Crippen LogP contribution in [0.5, 0.6) is 0 Å². The van der Waals surface area contributed by atoms with E-state index in [-0.39, 0.29) is 0 Å². The fourth-order valence-corrected chi connectivity index (χ4v) is 3.11. The molecule has 0 aliphatic rings. The van der Waals surface area contributed by atoms with Crippen molar-refractivity contribution in [2.45, 2.75) is 98.3 Å². The molecular weight excluding hydrogens is 254 g/mol. The van der Waals surface area contributed by atoms with Crippen LogP contribution in [0.15, 0.2) is 0 Å². The maximum absolute atomic E-state index is 2.54. The minimum absolute atomic E-state index is 0.855. The first-order valence-corrected chi connectivity index (χ1v) is 9.74. The Bertz CT molecular complexity index is 200. The lowest BCUT2D eigenvalue weighted by Gasteiger charge is -2.21. The Labute approximate surface area is 135 Å². The van der Waals surface area contributed by atoms with Gasteiger partial charge in [0.15, 0.2) is 0 Å². The zero-order valence-corrected chi connectivity index (χ0v) is 15.8. The molecule has 0 saturated carbocycles. The van der Waals surface area contributed by atoms with Crippen LogP contribution in [0.25, 0.3) is 0 Å². The molecule has 1 nitrogen and oxygen atoms in total. The molecule has 0 spiro atoms. The number of hydrogen-bond acceptors (Lipinski definition) is 1. The van der Waals surface area contributed by atoms with Crippen molar-refractivity contribution >= 4 is 0 Å². The van der Waals surface area contributed by atoms with Crippen molar-refractivity contribution in [2.75, 3.05) is 20.1 Å². The highest BCUT2D eigenvalue weighted by atomic mass is 15.1. The van der Waals surface area contributed by atoms with Gasteiger partial charge in [-0.05, 0) is 44.7 Å². The molecule has 1 unspecified atom stereocenters. The normalized spacial score (nSPS) is 13.3. The van der Waals surface area contributed by atoms with Crippen LogP contribution in [0, 0.1) is 11.8 Å². The van der Waals surface area contributed by atoms with E-state index in [1.165, 1.54) is 83.7 Å². The molecule has 0 fully saturated rings. The Kier molecular flexibility index (Phi) is 14.9. The van der Waals surface area contributed by atoms with Gasteiger partial charge in [-0.15, -0.1) is 0 Å². The summed E-state index contributed by atoms with van der Waals surface area (Å²) in [5.74, 6) is 1.72. The monoisotopic (exact) mass is 297 g/mol. The van der Waals surface area contributed by atoms with Crippen LogP contribution >= 0.6 is 0 Å². The Morgan fingerprint density at radius 1 is 0.714 bits per heavy atom. The van der Waals surface area contributed by atoms with Gasteiger partial charge < -0.3 is 4.90 Å². The van der Waals surface area contributed by atoms with Crippen molar-refractivity contribution in [3.63, 3.8) is 0 Å². The van der Waals surface area contributed by atoms with Crippen molar-refractivity contribution in [3.05, 3.63) is 0 Å². The van der Waals surface area contributed by atoms with Gasteiger partial charge in [0, 0.05) is 6.54 Å². The van der Waals surface area contributed by atoms with Gasteiger partial charge in [-0.25, -0.2) is 0 Å². The summed E-state index contributed by atoms with van der Waals surface area (Å²) in [4.78, 5) is 2.54. The SMILES string of the molecule is CCCCCCCCCCC(C)CN(C)CCCC(C)C. The highest BCUT2D eigenvalue weighted by molar-refractivity contribution is 4.61. The second-order valence-electron chi connectivity index (χ2n) is 7.67. The number of unbranched alkanes of at least 4 members (excludes halogenated alkanes) is 7. The zero-order valence-electron chi connectivity index (χ0n) is 15.8. The molecule has 0 aliphatic carbocycles. The molecule has 21 heavy (non-hydrogen) atoms. The van der Waals surface area contributed by atoms with Crippen LogP contribution in [0.3, 0.4) is 0 Å². The molecule has 0 amide bonds. The predicted octanol–water partition coefficient (Wildman–Crippen LogP) is 6.52.